The van der Waals surface area contributed by atoms with E-state index in [1.54, 1.807) is 16.8 Å². The molecule has 0 spiro atoms. The molecule has 4 aromatic rings. The van der Waals surface area contributed by atoms with Crippen LogP contribution in [0.15, 0.2) is 58.8 Å². The number of allylic oxidation sites excluding steroid dienone is 1. The van der Waals surface area contributed by atoms with Crippen molar-refractivity contribution in [3.8, 4) is 5.82 Å². The van der Waals surface area contributed by atoms with Gasteiger partial charge in [-0.2, -0.15) is 4.98 Å². The number of anilines is 3. The summed E-state index contributed by atoms with van der Waals surface area (Å²) in [4.78, 5) is 37.2. The first-order valence-corrected chi connectivity index (χ1v) is 13.4. The highest BCUT2D eigenvalue weighted by atomic mass is 16.1. The van der Waals surface area contributed by atoms with E-state index in [0.717, 1.165) is 18.8 Å². The smallest absolute Gasteiger partial charge is 0.278 e. The van der Waals surface area contributed by atoms with Gasteiger partial charge in [-0.25, -0.2) is 19.0 Å². The third kappa shape index (κ3) is 4.52. The Morgan fingerprint density at radius 3 is 2.62 bits per heavy atom. The maximum Gasteiger partial charge on any atom is 0.278 e. The number of piperazine rings is 1. The maximum absolute atomic E-state index is 13.2. The van der Waals surface area contributed by atoms with Gasteiger partial charge in [0.05, 0.1) is 12.6 Å². The molecule has 202 valence electrons. The number of hydrogen-bond donors (Lipinski definition) is 2. The van der Waals surface area contributed by atoms with Crippen LogP contribution in [-0.2, 0) is 6.54 Å². The maximum atomic E-state index is 13.2. The summed E-state index contributed by atoms with van der Waals surface area (Å²) < 4.78 is 4.50. The molecule has 0 aliphatic carbocycles. The minimum Gasteiger partial charge on any atom is -0.368 e. The van der Waals surface area contributed by atoms with E-state index in [-0.39, 0.29) is 23.7 Å². The van der Waals surface area contributed by atoms with E-state index in [4.69, 9.17) is 4.98 Å². The lowest BCUT2D eigenvalue weighted by molar-refractivity contribution is 0.465. The van der Waals surface area contributed by atoms with Gasteiger partial charge in [0.1, 0.15) is 5.39 Å². The first-order valence-electron chi connectivity index (χ1n) is 13.4. The average Bonchev–Trinajstić information content (AvgIpc) is 3.39. The van der Waals surface area contributed by atoms with Gasteiger partial charge in [0.15, 0.2) is 11.5 Å². The molecule has 2 unspecified atom stereocenters. The Bertz CT molecular complexity index is 1670. The van der Waals surface area contributed by atoms with Crippen LogP contribution in [0.1, 0.15) is 38.3 Å². The van der Waals surface area contributed by atoms with Crippen molar-refractivity contribution in [3.63, 3.8) is 0 Å². The lowest BCUT2D eigenvalue weighted by atomic mass is 10.1. The molecular formula is C28H33N9O2. The van der Waals surface area contributed by atoms with Gasteiger partial charge in [-0.15, -0.1) is 11.7 Å². The molecular weight excluding hydrogens is 494 g/mol. The van der Waals surface area contributed by atoms with Gasteiger partial charge in [0.25, 0.3) is 11.1 Å². The van der Waals surface area contributed by atoms with Gasteiger partial charge in [0, 0.05) is 48.8 Å². The monoisotopic (exact) mass is 527 g/mol. The zero-order valence-electron chi connectivity index (χ0n) is 22.5. The molecule has 39 heavy (non-hydrogen) atoms. The molecule has 2 atom stereocenters. The second kappa shape index (κ2) is 9.81. The molecule has 11 nitrogen and oxygen atoms in total. The van der Waals surface area contributed by atoms with Crippen molar-refractivity contribution >= 4 is 28.4 Å². The molecule has 0 saturated carbocycles. The molecule has 0 radical (unpaired) electrons. The zero-order valence-corrected chi connectivity index (χ0v) is 22.5. The molecule has 1 aromatic carbocycles. The third-order valence-corrected chi connectivity index (χ3v) is 7.50. The van der Waals surface area contributed by atoms with Crippen LogP contribution in [0.4, 0.5) is 17.3 Å². The van der Waals surface area contributed by atoms with Crippen LogP contribution >= 0.6 is 0 Å². The fourth-order valence-corrected chi connectivity index (χ4v) is 5.72. The van der Waals surface area contributed by atoms with Crippen molar-refractivity contribution < 1.29 is 0 Å². The van der Waals surface area contributed by atoms with Gasteiger partial charge in [-0.05, 0) is 63.4 Å². The Kier molecular flexibility index (Phi) is 6.30. The molecule has 0 amide bonds. The number of aromatic nitrogens is 6. The molecule has 3 aromatic heterocycles. The van der Waals surface area contributed by atoms with Crippen molar-refractivity contribution in [2.24, 2.45) is 0 Å². The molecule has 6 rings (SSSR count). The molecule has 2 aliphatic rings. The van der Waals surface area contributed by atoms with E-state index in [1.165, 1.54) is 45.7 Å². The van der Waals surface area contributed by atoms with Crippen LogP contribution in [0, 0.1) is 6.92 Å². The van der Waals surface area contributed by atoms with Crippen molar-refractivity contribution in [1.82, 2.24) is 34.4 Å². The van der Waals surface area contributed by atoms with Gasteiger partial charge >= 0.3 is 0 Å². The Balaban J connectivity index is 1.36. The van der Waals surface area contributed by atoms with Crippen LogP contribution in [0.2, 0.25) is 0 Å². The van der Waals surface area contributed by atoms with Crippen LogP contribution in [0.3, 0.4) is 0 Å². The average molecular weight is 528 g/mol. The van der Waals surface area contributed by atoms with E-state index in [0.29, 0.717) is 34.9 Å². The Labute approximate surface area is 225 Å². The van der Waals surface area contributed by atoms with E-state index >= 15 is 0 Å². The quantitative estimate of drug-likeness (QED) is 0.353. The number of benzene rings is 1. The van der Waals surface area contributed by atoms with Crippen LogP contribution < -0.4 is 26.7 Å². The highest BCUT2D eigenvalue weighted by Crippen LogP contribution is 2.30. The summed E-state index contributed by atoms with van der Waals surface area (Å²) in [6, 6.07) is 10.3. The predicted octanol–water partition coefficient (Wildman–Crippen LogP) is 2.90. The van der Waals surface area contributed by atoms with E-state index < -0.39 is 0 Å². The lowest BCUT2D eigenvalue weighted by Crippen LogP contribution is -2.51. The SMILES string of the molecule is C=CCn1c(=O)c2cnc(Nc3ccc(N4CC5CCC(C4)N5)c(C)c3)nc2n1-c1ccc(=O)n(C(C)C)n1. The molecule has 2 bridgehead atoms. The van der Waals surface area contributed by atoms with Crippen molar-refractivity contribution in [3.05, 3.63) is 75.5 Å². The van der Waals surface area contributed by atoms with Gasteiger partial charge in [0.2, 0.25) is 5.95 Å². The molecule has 2 aliphatic heterocycles. The Morgan fingerprint density at radius 1 is 1.15 bits per heavy atom. The summed E-state index contributed by atoms with van der Waals surface area (Å²) in [5, 5.41) is 11.9. The number of nitrogens with one attached hydrogen (secondary N) is 2. The van der Waals surface area contributed by atoms with Crippen molar-refractivity contribution in [1.29, 1.82) is 0 Å². The first-order chi connectivity index (χ1) is 18.8. The zero-order chi connectivity index (χ0) is 27.3. The second-order valence-corrected chi connectivity index (χ2v) is 10.7. The highest BCUT2D eigenvalue weighted by molar-refractivity contribution is 5.77. The molecule has 2 fully saturated rings. The van der Waals surface area contributed by atoms with Gasteiger partial charge < -0.3 is 15.5 Å². The minimum atomic E-state index is -0.259. The number of aryl methyl sites for hydroxylation is 1. The Hall–Kier alpha value is -4.25. The van der Waals surface area contributed by atoms with Crippen LogP contribution in [0.25, 0.3) is 16.9 Å². The summed E-state index contributed by atoms with van der Waals surface area (Å²) in [6.07, 6.45) is 5.65. The van der Waals surface area contributed by atoms with Crippen LogP contribution in [-0.4, -0.2) is 54.3 Å². The van der Waals surface area contributed by atoms with Crippen molar-refractivity contribution in [2.75, 3.05) is 23.3 Å². The standard InChI is InChI=1S/C28H33N9O2/c1-5-12-35-27(39)22-14-29-28(32-26(22)37(35)24-10-11-25(38)36(33-24)17(2)3)31-19-8-9-23(18(4)13-19)34-15-20-6-7-21(16-34)30-20/h5,8-11,13-14,17,20-21,30H,1,6-7,12,15-16H2,2-4H3,(H,29,31,32). The summed E-state index contributed by atoms with van der Waals surface area (Å²) >= 11 is 0. The highest BCUT2D eigenvalue weighted by Gasteiger charge is 2.32. The van der Waals surface area contributed by atoms with E-state index in [2.05, 4.69) is 51.3 Å². The summed E-state index contributed by atoms with van der Waals surface area (Å²) in [5.74, 6) is 0.767. The largest absolute Gasteiger partial charge is 0.368 e. The molecule has 2 N–H and O–H groups in total. The minimum absolute atomic E-state index is 0.145. The number of fused-ring (bicyclic) bond motifs is 3. The topological polar surface area (TPSA) is 115 Å². The summed E-state index contributed by atoms with van der Waals surface area (Å²) in [7, 11) is 0. The normalized spacial score (nSPS) is 18.7. The molecule has 5 heterocycles. The Morgan fingerprint density at radius 2 is 1.92 bits per heavy atom. The number of rotatable bonds is 7. The predicted molar refractivity (Wildman–Crippen MR) is 152 cm³/mol. The fourth-order valence-electron chi connectivity index (χ4n) is 5.72. The van der Waals surface area contributed by atoms with Gasteiger partial charge in [-0.3, -0.25) is 9.59 Å². The van der Waals surface area contributed by atoms with E-state index in [1.807, 2.05) is 19.9 Å². The lowest BCUT2D eigenvalue weighted by Gasteiger charge is -2.35. The third-order valence-electron chi connectivity index (χ3n) is 7.50. The first kappa shape index (κ1) is 25.1. The van der Waals surface area contributed by atoms with Crippen LogP contribution in [0.5, 0.6) is 0 Å². The fraction of sp³-hybridized carbons (Fsp3) is 0.393. The second-order valence-electron chi connectivity index (χ2n) is 10.7. The summed E-state index contributed by atoms with van der Waals surface area (Å²) in [5.41, 5.74) is 3.21. The number of hydrogen-bond acceptors (Lipinski definition) is 8. The molecule has 11 heteroatoms. The van der Waals surface area contributed by atoms with Crippen molar-refractivity contribution in [2.45, 2.75) is 58.3 Å². The number of nitrogens with zero attached hydrogens (tertiary/aromatic N) is 7. The van der Waals surface area contributed by atoms with Gasteiger partial charge in [-0.1, -0.05) is 6.08 Å². The summed E-state index contributed by atoms with van der Waals surface area (Å²) in [6.45, 7) is 12.0. The van der Waals surface area contributed by atoms with E-state index in [9.17, 15) is 9.59 Å². The molecule has 2 saturated heterocycles.